The van der Waals surface area contributed by atoms with Gasteiger partial charge in [0.15, 0.2) is 0 Å². The lowest BCUT2D eigenvalue weighted by atomic mass is 10.0. The van der Waals surface area contributed by atoms with Gasteiger partial charge in [-0.3, -0.25) is 4.68 Å². The third-order valence-electron chi connectivity index (χ3n) is 2.90. The average Bonchev–Trinajstić information content (AvgIpc) is 2.76. The van der Waals surface area contributed by atoms with E-state index in [2.05, 4.69) is 24.3 Å². The second kappa shape index (κ2) is 6.03. The predicted octanol–water partition coefficient (Wildman–Crippen LogP) is 2.67. The highest BCUT2D eigenvalue weighted by Crippen LogP contribution is 2.13. The first-order valence-electron chi connectivity index (χ1n) is 6.18. The van der Waals surface area contributed by atoms with Gasteiger partial charge in [0.05, 0.1) is 6.20 Å². The number of aryl methyl sites for hydroxylation is 1. The molecule has 0 saturated heterocycles. The van der Waals surface area contributed by atoms with Gasteiger partial charge in [0.1, 0.15) is 0 Å². The fourth-order valence-corrected chi connectivity index (χ4v) is 2.24. The molecule has 2 N–H and O–H groups in total. The van der Waals surface area contributed by atoms with E-state index >= 15 is 0 Å². The van der Waals surface area contributed by atoms with Crippen LogP contribution in [0.2, 0.25) is 5.02 Å². The molecule has 0 radical (unpaired) electrons. The summed E-state index contributed by atoms with van der Waals surface area (Å²) < 4.78 is 1.92. The van der Waals surface area contributed by atoms with E-state index in [0.29, 0.717) is 0 Å². The standard InChI is InChI=1S/C14H18ClN3/c1-2-18-10-12(9-17-18)8-14(16)7-11-4-3-5-13(15)6-11/h3-6,9-10,14H,2,7-8,16H2,1H3. The third-order valence-corrected chi connectivity index (χ3v) is 3.13. The molecule has 0 aliphatic rings. The van der Waals surface area contributed by atoms with Crippen molar-refractivity contribution in [3.63, 3.8) is 0 Å². The summed E-state index contributed by atoms with van der Waals surface area (Å²) in [5, 5.41) is 5.01. The van der Waals surface area contributed by atoms with Gasteiger partial charge in [0.25, 0.3) is 0 Å². The summed E-state index contributed by atoms with van der Waals surface area (Å²) >= 11 is 5.96. The molecule has 4 heteroatoms. The van der Waals surface area contributed by atoms with E-state index in [1.54, 1.807) is 0 Å². The Kier molecular flexibility index (Phi) is 4.39. The molecule has 0 saturated carbocycles. The second-order valence-corrected chi connectivity index (χ2v) is 4.94. The van der Waals surface area contributed by atoms with Crippen LogP contribution in [0.15, 0.2) is 36.7 Å². The molecule has 3 nitrogen and oxygen atoms in total. The molecule has 1 aromatic carbocycles. The molecule has 1 aromatic heterocycles. The van der Waals surface area contributed by atoms with Crippen molar-refractivity contribution in [3.8, 4) is 0 Å². The Labute approximate surface area is 113 Å². The van der Waals surface area contributed by atoms with E-state index < -0.39 is 0 Å². The number of rotatable bonds is 5. The summed E-state index contributed by atoms with van der Waals surface area (Å²) in [7, 11) is 0. The molecule has 0 spiro atoms. The molecule has 0 aliphatic carbocycles. The minimum absolute atomic E-state index is 0.0953. The van der Waals surface area contributed by atoms with Gasteiger partial charge >= 0.3 is 0 Å². The Morgan fingerprint density at radius 3 is 2.78 bits per heavy atom. The molecule has 2 rings (SSSR count). The Morgan fingerprint density at radius 2 is 2.11 bits per heavy atom. The Morgan fingerprint density at radius 1 is 1.33 bits per heavy atom. The molecule has 1 unspecified atom stereocenters. The van der Waals surface area contributed by atoms with Crippen LogP contribution in [-0.2, 0) is 19.4 Å². The van der Waals surface area contributed by atoms with Crippen molar-refractivity contribution >= 4 is 11.6 Å². The van der Waals surface area contributed by atoms with Crippen LogP contribution in [0.1, 0.15) is 18.1 Å². The first-order valence-corrected chi connectivity index (χ1v) is 6.56. The lowest BCUT2D eigenvalue weighted by Gasteiger charge is -2.10. The third kappa shape index (κ3) is 3.59. The zero-order chi connectivity index (χ0) is 13.0. The molecular formula is C14H18ClN3. The van der Waals surface area contributed by atoms with Crippen LogP contribution >= 0.6 is 11.6 Å². The van der Waals surface area contributed by atoms with E-state index in [4.69, 9.17) is 17.3 Å². The summed E-state index contributed by atoms with van der Waals surface area (Å²) in [4.78, 5) is 0. The van der Waals surface area contributed by atoms with E-state index in [1.807, 2.05) is 29.1 Å². The first kappa shape index (κ1) is 13.1. The highest BCUT2D eigenvalue weighted by molar-refractivity contribution is 6.30. The van der Waals surface area contributed by atoms with Gasteiger partial charge in [0, 0.05) is 23.8 Å². The van der Waals surface area contributed by atoms with Gasteiger partial charge in [-0.05, 0) is 43.0 Å². The van der Waals surface area contributed by atoms with E-state index in [-0.39, 0.29) is 6.04 Å². The SMILES string of the molecule is CCn1cc(CC(N)Cc2cccc(Cl)c2)cn1. The van der Waals surface area contributed by atoms with Crippen LogP contribution in [0.25, 0.3) is 0 Å². The van der Waals surface area contributed by atoms with Crippen LogP contribution in [0, 0.1) is 0 Å². The number of hydrogen-bond donors (Lipinski definition) is 1. The second-order valence-electron chi connectivity index (χ2n) is 4.50. The van der Waals surface area contributed by atoms with Crippen molar-refractivity contribution in [3.05, 3.63) is 52.8 Å². The van der Waals surface area contributed by atoms with E-state index in [9.17, 15) is 0 Å². The zero-order valence-corrected chi connectivity index (χ0v) is 11.3. The smallest absolute Gasteiger partial charge is 0.0522 e. The maximum Gasteiger partial charge on any atom is 0.0522 e. The van der Waals surface area contributed by atoms with Crippen LogP contribution < -0.4 is 5.73 Å². The van der Waals surface area contributed by atoms with Crippen molar-refractivity contribution in [1.82, 2.24) is 9.78 Å². The molecule has 1 heterocycles. The molecule has 0 amide bonds. The molecular weight excluding hydrogens is 246 g/mol. The number of nitrogens with two attached hydrogens (primary N) is 1. The van der Waals surface area contributed by atoms with Gasteiger partial charge in [-0.2, -0.15) is 5.10 Å². The Bertz CT molecular complexity index is 507. The summed E-state index contributed by atoms with van der Waals surface area (Å²) in [5.74, 6) is 0. The van der Waals surface area contributed by atoms with E-state index in [1.165, 1.54) is 11.1 Å². The largest absolute Gasteiger partial charge is 0.327 e. The van der Waals surface area contributed by atoms with Crippen molar-refractivity contribution in [1.29, 1.82) is 0 Å². The highest BCUT2D eigenvalue weighted by Gasteiger charge is 2.07. The fraction of sp³-hybridized carbons (Fsp3) is 0.357. The molecule has 1 atom stereocenters. The number of aromatic nitrogens is 2. The molecule has 96 valence electrons. The monoisotopic (exact) mass is 263 g/mol. The van der Waals surface area contributed by atoms with E-state index in [0.717, 1.165) is 24.4 Å². The zero-order valence-electron chi connectivity index (χ0n) is 10.5. The average molecular weight is 264 g/mol. The van der Waals surface area contributed by atoms with Gasteiger partial charge < -0.3 is 5.73 Å². The summed E-state index contributed by atoms with van der Waals surface area (Å²) in [6.07, 6.45) is 5.61. The lowest BCUT2D eigenvalue weighted by molar-refractivity contribution is 0.650. The summed E-state index contributed by atoms with van der Waals surface area (Å²) in [5.41, 5.74) is 8.52. The van der Waals surface area contributed by atoms with Crippen LogP contribution in [0.5, 0.6) is 0 Å². The van der Waals surface area contributed by atoms with Crippen LogP contribution in [-0.4, -0.2) is 15.8 Å². The van der Waals surface area contributed by atoms with Crippen LogP contribution in [0.3, 0.4) is 0 Å². The maximum absolute atomic E-state index is 6.16. The van der Waals surface area contributed by atoms with Crippen molar-refractivity contribution < 1.29 is 0 Å². The molecule has 2 aromatic rings. The van der Waals surface area contributed by atoms with Gasteiger partial charge in [-0.1, -0.05) is 23.7 Å². The fourth-order valence-electron chi connectivity index (χ4n) is 2.03. The minimum Gasteiger partial charge on any atom is -0.327 e. The number of hydrogen-bond acceptors (Lipinski definition) is 2. The highest BCUT2D eigenvalue weighted by atomic mass is 35.5. The normalized spacial score (nSPS) is 12.6. The summed E-state index contributed by atoms with van der Waals surface area (Å²) in [6.45, 7) is 2.96. The quantitative estimate of drug-likeness (QED) is 0.901. The van der Waals surface area contributed by atoms with Crippen LogP contribution in [0.4, 0.5) is 0 Å². The summed E-state index contributed by atoms with van der Waals surface area (Å²) in [6, 6.07) is 7.96. The maximum atomic E-state index is 6.16. The van der Waals surface area contributed by atoms with Gasteiger partial charge in [-0.25, -0.2) is 0 Å². The number of benzene rings is 1. The molecule has 18 heavy (non-hydrogen) atoms. The van der Waals surface area contributed by atoms with Crippen molar-refractivity contribution in [2.75, 3.05) is 0 Å². The van der Waals surface area contributed by atoms with Gasteiger partial charge in [0.2, 0.25) is 0 Å². The first-order chi connectivity index (χ1) is 8.67. The lowest BCUT2D eigenvalue weighted by Crippen LogP contribution is -2.25. The van der Waals surface area contributed by atoms with Crippen molar-refractivity contribution in [2.45, 2.75) is 32.4 Å². The molecule has 0 bridgehead atoms. The minimum atomic E-state index is 0.0953. The number of halogens is 1. The Hall–Kier alpha value is -1.32. The predicted molar refractivity (Wildman–Crippen MR) is 74.7 cm³/mol. The number of nitrogens with zero attached hydrogens (tertiary/aromatic N) is 2. The topological polar surface area (TPSA) is 43.8 Å². The molecule has 0 fully saturated rings. The van der Waals surface area contributed by atoms with Crippen molar-refractivity contribution in [2.24, 2.45) is 5.73 Å². The Balaban J connectivity index is 1.94. The molecule has 0 aliphatic heterocycles. The van der Waals surface area contributed by atoms with Gasteiger partial charge in [-0.15, -0.1) is 0 Å².